The molecular weight excluding hydrogens is 342 g/mol. The Bertz CT molecular complexity index is 601. The number of carbonyl (C=O) groups is 2. The smallest absolute Gasteiger partial charge is 0.253 e. The molecule has 3 N–H and O–H groups in total. The van der Waals surface area contributed by atoms with Gasteiger partial charge < -0.3 is 20.7 Å². The molecule has 0 aliphatic carbocycles. The maximum atomic E-state index is 12.6. The van der Waals surface area contributed by atoms with E-state index < -0.39 is 6.04 Å². The van der Waals surface area contributed by atoms with Crippen LogP contribution in [0, 0.1) is 12.8 Å². The third kappa shape index (κ3) is 5.70. The van der Waals surface area contributed by atoms with Crippen LogP contribution in [0.25, 0.3) is 0 Å². The Morgan fingerprint density at radius 2 is 2.00 bits per heavy atom. The number of nitrogens with zero attached hydrogens (tertiary/aromatic N) is 1. The van der Waals surface area contributed by atoms with Crippen molar-refractivity contribution < 1.29 is 14.3 Å². The van der Waals surface area contributed by atoms with Crippen molar-refractivity contribution in [3.05, 3.63) is 29.3 Å². The number of rotatable bonds is 5. The number of methoxy groups -OCH3 is 1. The Labute approximate surface area is 155 Å². The van der Waals surface area contributed by atoms with Crippen molar-refractivity contribution in [1.29, 1.82) is 0 Å². The lowest BCUT2D eigenvalue weighted by atomic mass is 9.98. The van der Waals surface area contributed by atoms with Crippen LogP contribution in [0.5, 0.6) is 0 Å². The zero-order valence-corrected chi connectivity index (χ0v) is 15.9. The van der Waals surface area contributed by atoms with Crippen molar-refractivity contribution in [3.63, 3.8) is 0 Å². The van der Waals surface area contributed by atoms with E-state index in [-0.39, 0.29) is 30.8 Å². The third-order valence-electron chi connectivity index (χ3n) is 4.49. The average molecular weight is 370 g/mol. The first-order valence-electron chi connectivity index (χ1n) is 8.37. The molecule has 1 aromatic rings. The van der Waals surface area contributed by atoms with E-state index in [4.69, 9.17) is 10.5 Å². The Hall–Kier alpha value is -1.63. The first-order chi connectivity index (χ1) is 11.4. The molecule has 1 atom stereocenters. The molecule has 1 unspecified atom stereocenters. The number of nitrogens with one attached hydrogen (secondary N) is 1. The zero-order chi connectivity index (χ0) is 17.7. The van der Waals surface area contributed by atoms with Crippen LogP contribution in [0.2, 0.25) is 0 Å². The number of benzene rings is 1. The molecule has 2 rings (SSSR count). The van der Waals surface area contributed by atoms with Crippen molar-refractivity contribution >= 4 is 29.9 Å². The highest BCUT2D eigenvalue weighted by Crippen LogP contribution is 2.21. The molecule has 0 radical (unpaired) electrons. The van der Waals surface area contributed by atoms with Gasteiger partial charge >= 0.3 is 0 Å². The summed E-state index contributed by atoms with van der Waals surface area (Å²) in [7, 11) is 1.50. The van der Waals surface area contributed by atoms with Crippen LogP contribution in [0.15, 0.2) is 18.2 Å². The molecule has 1 aromatic carbocycles. The van der Waals surface area contributed by atoms with Crippen LogP contribution in [-0.4, -0.2) is 49.6 Å². The molecule has 140 valence electrons. The summed E-state index contributed by atoms with van der Waals surface area (Å²) in [6.07, 6.45) is 2.10. The van der Waals surface area contributed by atoms with Gasteiger partial charge in [-0.3, -0.25) is 9.59 Å². The van der Waals surface area contributed by atoms with E-state index in [9.17, 15) is 9.59 Å². The number of hydrogen-bond donors (Lipinski definition) is 2. The summed E-state index contributed by atoms with van der Waals surface area (Å²) in [4.78, 5) is 26.5. The number of nitrogens with two attached hydrogens (primary N) is 1. The number of likely N-dealkylation sites (tertiary alicyclic amines) is 1. The van der Waals surface area contributed by atoms with E-state index in [0.717, 1.165) is 31.5 Å². The second-order valence-electron chi connectivity index (χ2n) is 6.56. The van der Waals surface area contributed by atoms with Crippen LogP contribution < -0.4 is 11.1 Å². The average Bonchev–Trinajstić information content (AvgIpc) is 2.57. The van der Waals surface area contributed by atoms with E-state index in [0.29, 0.717) is 17.2 Å². The molecule has 1 aliphatic heterocycles. The highest BCUT2D eigenvalue weighted by molar-refractivity contribution is 5.98. The quantitative estimate of drug-likeness (QED) is 0.833. The number of hydrogen-bond acceptors (Lipinski definition) is 4. The highest BCUT2D eigenvalue weighted by atomic mass is 35.5. The van der Waals surface area contributed by atoms with Gasteiger partial charge in [0.05, 0.1) is 6.61 Å². The van der Waals surface area contributed by atoms with Gasteiger partial charge in [0, 0.05) is 31.5 Å². The molecular formula is C18H28ClN3O3. The van der Waals surface area contributed by atoms with Crippen LogP contribution in [0.3, 0.4) is 0 Å². The van der Waals surface area contributed by atoms with E-state index in [2.05, 4.69) is 12.2 Å². The van der Waals surface area contributed by atoms with Gasteiger partial charge in [0.25, 0.3) is 5.91 Å². The summed E-state index contributed by atoms with van der Waals surface area (Å²) < 4.78 is 4.88. The van der Waals surface area contributed by atoms with E-state index >= 15 is 0 Å². The molecule has 0 bridgehead atoms. The summed E-state index contributed by atoms with van der Waals surface area (Å²) in [5, 5.41) is 2.78. The first kappa shape index (κ1) is 21.4. The normalized spacial score (nSPS) is 16.1. The highest BCUT2D eigenvalue weighted by Gasteiger charge is 2.22. The molecule has 1 fully saturated rings. The minimum atomic E-state index is -0.717. The molecule has 0 saturated carbocycles. The molecule has 1 heterocycles. The Kier molecular flexibility index (Phi) is 8.35. The fourth-order valence-electron chi connectivity index (χ4n) is 2.81. The van der Waals surface area contributed by atoms with Crippen LogP contribution in [-0.2, 0) is 9.53 Å². The fraction of sp³-hybridized carbons (Fsp3) is 0.556. The number of carbonyl (C=O) groups excluding carboxylic acids is 2. The number of anilines is 1. The largest absolute Gasteiger partial charge is 0.383 e. The molecule has 1 saturated heterocycles. The van der Waals surface area contributed by atoms with Crippen molar-refractivity contribution in [1.82, 2.24) is 4.90 Å². The van der Waals surface area contributed by atoms with E-state index in [1.54, 1.807) is 12.1 Å². The Balaban J connectivity index is 0.00000312. The molecule has 2 amide bonds. The minimum absolute atomic E-state index is 0. The van der Waals surface area contributed by atoms with Crippen LogP contribution in [0.4, 0.5) is 5.69 Å². The lowest BCUT2D eigenvalue weighted by molar-refractivity contribution is -0.118. The minimum Gasteiger partial charge on any atom is -0.383 e. The van der Waals surface area contributed by atoms with Crippen LogP contribution in [0.1, 0.15) is 35.7 Å². The number of halogens is 1. The zero-order valence-electron chi connectivity index (χ0n) is 15.1. The lowest BCUT2D eigenvalue weighted by Crippen LogP contribution is -2.39. The summed E-state index contributed by atoms with van der Waals surface area (Å²) in [6, 6.07) is 4.61. The summed E-state index contributed by atoms with van der Waals surface area (Å²) in [6.45, 7) is 5.87. The molecule has 1 aliphatic rings. The Morgan fingerprint density at radius 1 is 1.36 bits per heavy atom. The van der Waals surface area contributed by atoms with Crippen LogP contribution >= 0.6 is 12.4 Å². The molecule has 7 heteroatoms. The number of piperidine rings is 1. The standard InChI is InChI=1S/C18H27N3O3.ClH/c1-12-6-8-21(9-7-12)18(23)14-4-5-16(13(2)10-14)20-17(22)15(19)11-24-3;/h4-5,10,12,15H,6-9,11,19H2,1-3H3,(H,20,22);1H. The van der Waals surface area contributed by atoms with Gasteiger partial charge in [-0.05, 0) is 49.4 Å². The van der Waals surface area contributed by atoms with Gasteiger partial charge in [0.2, 0.25) is 5.91 Å². The maximum Gasteiger partial charge on any atom is 0.253 e. The predicted molar refractivity (Wildman–Crippen MR) is 101 cm³/mol. The third-order valence-corrected chi connectivity index (χ3v) is 4.49. The summed E-state index contributed by atoms with van der Waals surface area (Å²) in [5.41, 5.74) is 7.87. The maximum absolute atomic E-state index is 12.6. The van der Waals surface area contributed by atoms with Crippen molar-refractivity contribution in [2.75, 3.05) is 32.1 Å². The molecule has 25 heavy (non-hydrogen) atoms. The van der Waals surface area contributed by atoms with E-state index in [1.165, 1.54) is 7.11 Å². The van der Waals surface area contributed by atoms with Crippen molar-refractivity contribution in [2.24, 2.45) is 11.7 Å². The monoisotopic (exact) mass is 369 g/mol. The molecule has 0 spiro atoms. The van der Waals surface area contributed by atoms with Gasteiger partial charge in [-0.2, -0.15) is 0 Å². The predicted octanol–water partition coefficient (Wildman–Crippen LogP) is 2.20. The van der Waals surface area contributed by atoms with Gasteiger partial charge in [0.1, 0.15) is 6.04 Å². The van der Waals surface area contributed by atoms with Gasteiger partial charge in [-0.1, -0.05) is 6.92 Å². The second-order valence-corrected chi connectivity index (χ2v) is 6.56. The summed E-state index contributed by atoms with van der Waals surface area (Å²) in [5.74, 6) is 0.438. The van der Waals surface area contributed by atoms with Crippen molar-refractivity contribution in [3.8, 4) is 0 Å². The van der Waals surface area contributed by atoms with Gasteiger partial charge in [-0.25, -0.2) is 0 Å². The lowest BCUT2D eigenvalue weighted by Gasteiger charge is -2.30. The van der Waals surface area contributed by atoms with Gasteiger partial charge in [0.15, 0.2) is 0 Å². The SMILES string of the molecule is COCC(N)C(=O)Nc1ccc(C(=O)N2CCC(C)CC2)cc1C.Cl. The topological polar surface area (TPSA) is 84.7 Å². The molecule has 6 nitrogen and oxygen atoms in total. The fourth-order valence-corrected chi connectivity index (χ4v) is 2.81. The van der Waals surface area contributed by atoms with Crippen molar-refractivity contribution in [2.45, 2.75) is 32.7 Å². The number of ether oxygens (including phenoxy) is 1. The van der Waals surface area contributed by atoms with E-state index in [1.807, 2.05) is 17.9 Å². The first-order valence-corrected chi connectivity index (χ1v) is 8.37. The summed E-state index contributed by atoms with van der Waals surface area (Å²) >= 11 is 0. The molecule has 0 aromatic heterocycles. The second kappa shape index (κ2) is 9.75. The number of amides is 2. The number of aryl methyl sites for hydroxylation is 1. The van der Waals surface area contributed by atoms with Gasteiger partial charge in [-0.15, -0.1) is 12.4 Å². The Morgan fingerprint density at radius 3 is 2.56 bits per heavy atom.